The number of hydrogen-bond acceptors (Lipinski definition) is 3. The Morgan fingerprint density at radius 2 is 1.72 bits per heavy atom. The molecule has 3 aromatic rings. The van der Waals surface area contributed by atoms with E-state index >= 15 is 0 Å². The molecule has 1 amide bonds. The fourth-order valence-corrected chi connectivity index (χ4v) is 3.89. The number of carboxylic acids is 1. The molecule has 0 radical (unpaired) electrons. The molecule has 1 aliphatic heterocycles. The van der Waals surface area contributed by atoms with Crippen LogP contribution < -0.4 is 5.32 Å². The first-order valence-electron chi connectivity index (χ1n) is 10.4. The first kappa shape index (κ1) is 21.1. The zero-order valence-electron chi connectivity index (χ0n) is 17.7. The number of carbonyl (C=O) groups excluding carboxylic acids is 1. The van der Waals surface area contributed by atoms with Crippen LogP contribution in [-0.2, 0) is 16.1 Å². The fraction of sp³-hybridized carbons (Fsp3) is 0.111. The van der Waals surface area contributed by atoms with Gasteiger partial charge in [-0.1, -0.05) is 67.6 Å². The molecule has 0 aromatic heterocycles. The minimum Gasteiger partial charge on any atom is -0.478 e. The number of carbonyl (C=O) groups is 2. The smallest absolute Gasteiger partial charge is 0.411 e. The van der Waals surface area contributed by atoms with Crippen LogP contribution in [0.15, 0.2) is 78.9 Å². The molecule has 4 rings (SSSR count). The predicted molar refractivity (Wildman–Crippen MR) is 126 cm³/mol. The molecule has 0 unspecified atom stereocenters. The van der Waals surface area contributed by atoms with Crippen molar-refractivity contribution in [2.75, 3.05) is 5.32 Å². The Balaban J connectivity index is 1.86. The number of carboxylic acid groups (broad SMARTS) is 1. The SMILES string of the molecule is CCC(=C(c1ccc(C=CC(=O)O)cc1)c1ccc2c(c1)COC(=O)N2)c1ccccc1. The van der Waals surface area contributed by atoms with Crippen LogP contribution in [0.5, 0.6) is 0 Å². The molecule has 32 heavy (non-hydrogen) atoms. The summed E-state index contributed by atoms with van der Waals surface area (Å²) in [6.07, 6.45) is 3.09. The van der Waals surface area contributed by atoms with Crippen LogP contribution >= 0.6 is 0 Å². The Morgan fingerprint density at radius 3 is 2.41 bits per heavy atom. The van der Waals surface area contributed by atoms with Gasteiger partial charge in [-0.2, -0.15) is 0 Å². The number of aliphatic carboxylic acids is 1. The van der Waals surface area contributed by atoms with Gasteiger partial charge in [0.1, 0.15) is 6.61 Å². The van der Waals surface area contributed by atoms with E-state index in [1.54, 1.807) is 6.08 Å². The third-order valence-corrected chi connectivity index (χ3v) is 5.38. The largest absolute Gasteiger partial charge is 0.478 e. The fourth-order valence-electron chi connectivity index (χ4n) is 3.89. The van der Waals surface area contributed by atoms with Crippen LogP contribution in [-0.4, -0.2) is 17.2 Å². The predicted octanol–water partition coefficient (Wildman–Crippen LogP) is 6.22. The quantitative estimate of drug-likeness (QED) is 0.363. The molecule has 0 atom stereocenters. The average molecular weight is 425 g/mol. The molecule has 1 aliphatic rings. The second-order valence-corrected chi connectivity index (χ2v) is 7.44. The van der Waals surface area contributed by atoms with Crippen LogP contribution in [0.25, 0.3) is 17.2 Å². The molecule has 3 aromatic carbocycles. The van der Waals surface area contributed by atoms with Crippen molar-refractivity contribution in [2.45, 2.75) is 20.0 Å². The summed E-state index contributed by atoms with van der Waals surface area (Å²) in [5, 5.41) is 11.6. The van der Waals surface area contributed by atoms with Gasteiger partial charge < -0.3 is 9.84 Å². The van der Waals surface area contributed by atoms with E-state index in [-0.39, 0.29) is 6.61 Å². The van der Waals surface area contributed by atoms with E-state index in [4.69, 9.17) is 9.84 Å². The van der Waals surface area contributed by atoms with E-state index in [2.05, 4.69) is 30.4 Å². The average Bonchev–Trinajstić information content (AvgIpc) is 2.82. The Morgan fingerprint density at radius 1 is 1.00 bits per heavy atom. The number of fused-ring (bicyclic) bond motifs is 1. The maximum Gasteiger partial charge on any atom is 0.411 e. The summed E-state index contributed by atoms with van der Waals surface area (Å²) in [6, 6.07) is 24.1. The first-order valence-corrected chi connectivity index (χ1v) is 10.4. The number of nitrogens with one attached hydrogen (secondary N) is 1. The summed E-state index contributed by atoms with van der Waals surface area (Å²) in [6.45, 7) is 2.36. The van der Waals surface area contributed by atoms with Crippen molar-refractivity contribution in [3.63, 3.8) is 0 Å². The van der Waals surface area contributed by atoms with Crippen LogP contribution in [0.3, 0.4) is 0 Å². The van der Waals surface area contributed by atoms with Gasteiger partial charge >= 0.3 is 12.1 Å². The van der Waals surface area contributed by atoms with Crippen LogP contribution in [0.4, 0.5) is 10.5 Å². The Bertz CT molecular complexity index is 1210. The summed E-state index contributed by atoms with van der Waals surface area (Å²) >= 11 is 0. The summed E-state index contributed by atoms with van der Waals surface area (Å²) < 4.78 is 5.16. The lowest BCUT2D eigenvalue weighted by Crippen LogP contribution is -2.20. The summed E-state index contributed by atoms with van der Waals surface area (Å²) in [5.74, 6) is -0.977. The van der Waals surface area contributed by atoms with Crippen LogP contribution in [0.1, 0.15) is 41.2 Å². The van der Waals surface area contributed by atoms with E-state index in [0.29, 0.717) is 0 Å². The lowest BCUT2D eigenvalue weighted by atomic mass is 9.87. The number of amides is 1. The number of benzene rings is 3. The van der Waals surface area contributed by atoms with Gasteiger partial charge in [-0.15, -0.1) is 0 Å². The third-order valence-electron chi connectivity index (χ3n) is 5.38. The molecule has 1 heterocycles. The molecule has 0 bridgehead atoms. The van der Waals surface area contributed by atoms with E-state index in [1.807, 2.05) is 54.6 Å². The molecular weight excluding hydrogens is 402 g/mol. The van der Waals surface area contributed by atoms with Gasteiger partial charge in [-0.05, 0) is 58.0 Å². The number of hydrogen-bond donors (Lipinski definition) is 2. The maximum absolute atomic E-state index is 11.5. The highest BCUT2D eigenvalue weighted by molar-refractivity contribution is 5.99. The topological polar surface area (TPSA) is 75.6 Å². The first-order chi connectivity index (χ1) is 15.5. The summed E-state index contributed by atoms with van der Waals surface area (Å²) in [5.41, 5.74) is 7.97. The molecule has 2 N–H and O–H groups in total. The molecule has 0 saturated carbocycles. The standard InChI is InChI=1S/C27H23NO4/c1-2-23(19-6-4-3-5-7-19)26(20-11-8-18(9-12-20)10-15-25(29)30)21-13-14-24-22(16-21)17-32-27(31)28-24/h3-16H,2,17H2,1H3,(H,28,31)(H,29,30). The van der Waals surface area contributed by atoms with Crippen molar-refractivity contribution in [3.8, 4) is 0 Å². The van der Waals surface area contributed by atoms with Crippen molar-refractivity contribution in [1.82, 2.24) is 0 Å². The van der Waals surface area contributed by atoms with Gasteiger partial charge in [-0.25, -0.2) is 9.59 Å². The second kappa shape index (κ2) is 9.35. The van der Waals surface area contributed by atoms with Crippen molar-refractivity contribution in [1.29, 1.82) is 0 Å². The number of rotatable bonds is 6. The van der Waals surface area contributed by atoms with Gasteiger partial charge in [-0.3, -0.25) is 5.32 Å². The van der Waals surface area contributed by atoms with Crippen LogP contribution in [0, 0.1) is 0 Å². The summed E-state index contributed by atoms with van der Waals surface area (Å²) in [4.78, 5) is 22.4. The maximum atomic E-state index is 11.5. The molecule has 0 saturated heterocycles. The van der Waals surface area contributed by atoms with Gasteiger partial charge in [0.05, 0.1) is 5.69 Å². The zero-order chi connectivity index (χ0) is 22.5. The lowest BCUT2D eigenvalue weighted by Gasteiger charge is -2.21. The molecule has 0 fully saturated rings. The highest BCUT2D eigenvalue weighted by Crippen LogP contribution is 2.36. The third kappa shape index (κ3) is 4.62. The Kier molecular flexibility index (Phi) is 6.17. The van der Waals surface area contributed by atoms with Gasteiger partial charge in [0, 0.05) is 11.6 Å². The van der Waals surface area contributed by atoms with E-state index in [1.165, 1.54) is 5.57 Å². The van der Waals surface area contributed by atoms with E-state index < -0.39 is 12.1 Å². The monoisotopic (exact) mass is 425 g/mol. The normalized spacial score (nSPS) is 13.7. The molecule has 0 spiro atoms. The molecular formula is C27H23NO4. The summed E-state index contributed by atoms with van der Waals surface area (Å²) in [7, 11) is 0. The number of anilines is 1. The van der Waals surface area contributed by atoms with Crippen molar-refractivity contribution in [3.05, 3.63) is 107 Å². The highest BCUT2D eigenvalue weighted by atomic mass is 16.5. The second-order valence-electron chi connectivity index (χ2n) is 7.44. The molecule has 5 heteroatoms. The van der Waals surface area contributed by atoms with E-state index in [0.717, 1.165) is 51.6 Å². The number of ether oxygens (including phenoxy) is 1. The number of cyclic esters (lactones) is 1. The minimum absolute atomic E-state index is 0.230. The van der Waals surface area contributed by atoms with Gasteiger partial charge in [0.15, 0.2) is 0 Å². The van der Waals surface area contributed by atoms with E-state index in [9.17, 15) is 9.59 Å². The lowest BCUT2D eigenvalue weighted by molar-refractivity contribution is -0.131. The molecule has 160 valence electrons. The van der Waals surface area contributed by atoms with Gasteiger partial charge in [0.2, 0.25) is 0 Å². The zero-order valence-corrected chi connectivity index (χ0v) is 17.7. The highest BCUT2D eigenvalue weighted by Gasteiger charge is 2.19. The van der Waals surface area contributed by atoms with Gasteiger partial charge in [0.25, 0.3) is 0 Å². The minimum atomic E-state index is -0.977. The van der Waals surface area contributed by atoms with Crippen LogP contribution in [0.2, 0.25) is 0 Å². The molecule has 5 nitrogen and oxygen atoms in total. The van der Waals surface area contributed by atoms with Crippen molar-refractivity contribution >= 4 is 35.0 Å². The molecule has 0 aliphatic carbocycles. The Labute approximate surface area is 186 Å². The van der Waals surface area contributed by atoms with Crippen molar-refractivity contribution in [2.24, 2.45) is 0 Å². The number of allylic oxidation sites excluding steroid dienone is 1. The van der Waals surface area contributed by atoms with Crippen molar-refractivity contribution < 1.29 is 19.4 Å². The Hall–Kier alpha value is -4.12.